The van der Waals surface area contributed by atoms with Crippen LogP contribution >= 0.6 is 0 Å². The molecule has 0 aliphatic rings. The summed E-state index contributed by atoms with van der Waals surface area (Å²) >= 11 is 0. The van der Waals surface area contributed by atoms with Gasteiger partial charge in [0.15, 0.2) is 0 Å². The molecule has 0 fully saturated rings. The smallest absolute Gasteiger partial charge is 0.414 e. The van der Waals surface area contributed by atoms with E-state index in [1.54, 1.807) is 4.90 Å². The Kier molecular flexibility index (Phi) is 8.00. The molecule has 124 valence electrons. The Morgan fingerprint density at radius 3 is 2.18 bits per heavy atom. The molecule has 0 aromatic heterocycles. The number of hydrogen-bond donors (Lipinski definition) is 0. The van der Waals surface area contributed by atoms with E-state index in [0.717, 1.165) is 18.5 Å². The van der Waals surface area contributed by atoms with Crippen molar-refractivity contribution in [2.45, 2.75) is 71.8 Å². The summed E-state index contributed by atoms with van der Waals surface area (Å²) in [6.07, 6.45) is 7.00. The summed E-state index contributed by atoms with van der Waals surface area (Å²) in [5.74, 6) is 0. The molecule has 0 saturated heterocycles. The summed E-state index contributed by atoms with van der Waals surface area (Å²) in [6.45, 7) is 8.64. The molecule has 3 nitrogen and oxygen atoms in total. The highest BCUT2D eigenvalue weighted by Crippen LogP contribution is 2.19. The first kappa shape index (κ1) is 18.5. The van der Waals surface area contributed by atoms with Gasteiger partial charge in [0.25, 0.3) is 0 Å². The largest absolute Gasteiger partial charge is 0.443 e. The van der Waals surface area contributed by atoms with Crippen molar-refractivity contribution >= 4 is 11.8 Å². The molecule has 3 heteroatoms. The molecule has 0 N–H and O–H groups in total. The third-order valence-electron chi connectivity index (χ3n) is 3.42. The van der Waals surface area contributed by atoms with Crippen molar-refractivity contribution in [2.24, 2.45) is 0 Å². The molecule has 1 rings (SSSR count). The number of unbranched alkanes of at least 4 members (excludes halogenated alkanes) is 5. The number of rotatable bonds is 8. The summed E-state index contributed by atoms with van der Waals surface area (Å²) < 4.78 is 5.54. The fourth-order valence-corrected chi connectivity index (χ4v) is 2.30. The summed E-state index contributed by atoms with van der Waals surface area (Å²) in [4.78, 5) is 14.2. The van der Waals surface area contributed by atoms with Gasteiger partial charge in [0.05, 0.1) is 0 Å². The number of amides is 1. The Morgan fingerprint density at radius 1 is 1.00 bits per heavy atom. The summed E-state index contributed by atoms with van der Waals surface area (Å²) in [7, 11) is 0. The highest BCUT2D eigenvalue weighted by molar-refractivity contribution is 5.87. The lowest BCUT2D eigenvalue weighted by atomic mass is 10.1. The van der Waals surface area contributed by atoms with Crippen LogP contribution in [0, 0.1) is 0 Å². The van der Waals surface area contributed by atoms with E-state index in [1.807, 2.05) is 51.1 Å². The first-order valence-corrected chi connectivity index (χ1v) is 8.49. The molecular formula is C19H31NO2. The molecule has 0 radical (unpaired) electrons. The first-order valence-electron chi connectivity index (χ1n) is 8.49. The second-order valence-corrected chi connectivity index (χ2v) is 6.74. The van der Waals surface area contributed by atoms with Gasteiger partial charge in [-0.2, -0.15) is 0 Å². The van der Waals surface area contributed by atoms with Crippen LogP contribution < -0.4 is 4.90 Å². The molecule has 1 aromatic rings. The van der Waals surface area contributed by atoms with E-state index in [1.165, 1.54) is 25.7 Å². The lowest BCUT2D eigenvalue weighted by molar-refractivity contribution is 0.0579. The zero-order valence-electron chi connectivity index (χ0n) is 14.6. The normalized spacial score (nSPS) is 11.3. The van der Waals surface area contributed by atoms with E-state index in [9.17, 15) is 4.79 Å². The van der Waals surface area contributed by atoms with Crippen LogP contribution in [0.2, 0.25) is 0 Å². The van der Waals surface area contributed by atoms with Gasteiger partial charge in [0.1, 0.15) is 5.60 Å². The van der Waals surface area contributed by atoms with Gasteiger partial charge < -0.3 is 4.74 Å². The third kappa shape index (κ3) is 7.48. The molecule has 1 amide bonds. The number of benzene rings is 1. The van der Waals surface area contributed by atoms with Crippen molar-refractivity contribution in [2.75, 3.05) is 11.4 Å². The lowest BCUT2D eigenvalue weighted by Crippen LogP contribution is -2.37. The Bertz CT molecular complexity index is 423. The van der Waals surface area contributed by atoms with Gasteiger partial charge in [-0.05, 0) is 39.3 Å². The Labute approximate surface area is 135 Å². The SMILES string of the molecule is CCCCCCCCN(C(=O)OC(C)(C)C)c1ccccc1. The van der Waals surface area contributed by atoms with Gasteiger partial charge in [-0.15, -0.1) is 0 Å². The Balaban J connectivity index is 2.58. The maximum atomic E-state index is 12.4. The summed E-state index contributed by atoms with van der Waals surface area (Å²) in [5.41, 5.74) is 0.441. The average Bonchev–Trinajstić information content (AvgIpc) is 2.45. The molecule has 22 heavy (non-hydrogen) atoms. The van der Waals surface area contributed by atoms with Crippen molar-refractivity contribution in [3.8, 4) is 0 Å². The molecule has 0 heterocycles. The highest BCUT2D eigenvalue weighted by Gasteiger charge is 2.22. The average molecular weight is 305 g/mol. The van der Waals surface area contributed by atoms with E-state index in [-0.39, 0.29) is 6.09 Å². The van der Waals surface area contributed by atoms with Crippen LogP contribution in [0.3, 0.4) is 0 Å². The number of carbonyl (C=O) groups excluding carboxylic acids is 1. The number of hydrogen-bond acceptors (Lipinski definition) is 2. The number of para-hydroxylation sites is 1. The Morgan fingerprint density at radius 2 is 1.59 bits per heavy atom. The predicted molar refractivity (Wildman–Crippen MR) is 93.4 cm³/mol. The van der Waals surface area contributed by atoms with Crippen LogP contribution in [0.1, 0.15) is 66.2 Å². The molecule has 1 aromatic carbocycles. The molecular weight excluding hydrogens is 274 g/mol. The van der Waals surface area contributed by atoms with Gasteiger partial charge in [0.2, 0.25) is 0 Å². The van der Waals surface area contributed by atoms with E-state index in [2.05, 4.69) is 6.92 Å². The maximum absolute atomic E-state index is 12.4. The van der Waals surface area contributed by atoms with Crippen LogP contribution in [0.5, 0.6) is 0 Å². The van der Waals surface area contributed by atoms with Crippen molar-refractivity contribution in [3.05, 3.63) is 30.3 Å². The summed E-state index contributed by atoms with van der Waals surface area (Å²) in [5, 5.41) is 0. The molecule has 0 aliphatic carbocycles. The first-order chi connectivity index (χ1) is 10.4. The number of anilines is 1. The van der Waals surface area contributed by atoms with Crippen LogP contribution in [0.15, 0.2) is 30.3 Å². The van der Waals surface area contributed by atoms with Crippen molar-refractivity contribution in [1.29, 1.82) is 0 Å². The molecule has 0 atom stereocenters. The topological polar surface area (TPSA) is 29.5 Å². The zero-order chi connectivity index (χ0) is 16.4. The Hall–Kier alpha value is -1.51. The quantitative estimate of drug-likeness (QED) is 0.569. The fraction of sp³-hybridized carbons (Fsp3) is 0.632. The lowest BCUT2D eigenvalue weighted by Gasteiger charge is -2.27. The number of carbonyl (C=O) groups is 1. The van der Waals surface area contributed by atoms with Crippen molar-refractivity contribution in [1.82, 2.24) is 0 Å². The second kappa shape index (κ2) is 9.50. The molecule has 0 bridgehead atoms. The van der Waals surface area contributed by atoms with E-state index in [0.29, 0.717) is 6.54 Å². The minimum Gasteiger partial charge on any atom is -0.443 e. The molecule has 0 spiro atoms. The molecule has 0 unspecified atom stereocenters. The van der Waals surface area contributed by atoms with E-state index in [4.69, 9.17) is 4.74 Å². The fourth-order valence-electron chi connectivity index (χ4n) is 2.30. The zero-order valence-corrected chi connectivity index (χ0v) is 14.6. The van der Waals surface area contributed by atoms with E-state index >= 15 is 0 Å². The maximum Gasteiger partial charge on any atom is 0.414 e. The summed E-state index contributed by atoms with van der Waals surface area (Å²) in [6, 6.07) is 9.78. The van der Waals surface area contributed by atoms with Gasteiger partial charge in [0, 0.05) is 12.2 Å². The molecule has 0 aliphatic heterocycles. The van der Waals surface area contributed by atoms with Gasteiger partial charge in [-0.25, -0.2) is 4.79 Å². The van der Waals surface area contributed by atoms with Crippen molar-refractivity contribution < 1.29 is 9.53 Å². The van der Waals surface area contributed by atoms with Gasteiger partial charge in [-0.3, -0.25) is 4.90 Å². The van der Waals surface area contributed by atoms with Crippen LogP contribution in [0.25, 0.3) is 0 Å². The van der Waals surface area contributed by atoms with Crippen molar-refractivity contribution in [3.63, 3.8) is 0 Å². The minimum absolute atomic E-state index is 0.257. The third-order valence-corrected chi connectivity index (χ3v) is 3.42. The highest BCUT2D eigenvalue weighted by atomic mass is 16.6. The second-order valence-electron chi connectivity index (χ2n) is 6.74. The van der Waals surface area contributed by atoms with Gasteiger partial charge >= 0.3 is 6.09 Å². The van der Waals surface area contributed by atoms with Gasteiger partial charge in [-0.1, -0.05) is 57.2 Å². The minimum atomic E-state index is -0.467. The standard InChI is InChI=1S/C19H31NO2/c1-5-6-7-8-9-13-16-20(17-14-11-10-12-15-17)18(21)22-19(2,3)4/h10-12,14-15H,5-9,13,16H2,1-4H3. The monoisotopic (exact) mass is 305 g/mol. The van der Waals surface area contributed by atoms with Crippen LogP contribution in [0.4, 0.5) is 10.5 Å². The number of nitrogens with zero attached hydrogens (tertiary/aromatic N) is 1. The van der Waals surface area contributed by atoms with E-state index < -0.39 is 5.60 Å². The molecule has 0 saturated carbocycles. The predicted octanol–water partition coefficient (Wildman–Crippen LogP) is 5.79. The van der Waals surface area contributed by atoms with Crippen LogP contribution in [-0.4, -0.2) is 18.2 Å². The number of ether oxygens (including phenoxy) is 1. The van der Waals surface area contributed by atoms with Crippen LogP contribution in [-0.2, 0) is 4.74 Å².